The largest absolute Gasteiger partial charge is 0.493 e. The summed E-state index contributed by atoms with van der Waals surface area (Å²) >= 11 is 0. The number of carbonyl (C=O) groups excluding carboxylic acids is 3. The predicted octanol–water partition coefficient (Wildman–Crippen LogP) is 3.08. The zero-order chi connectivity index (χ0) is 20.5. The molecule has 0 radical (unpaired) electrons. The lowest BCUT2D eigenvalue weighted by Gasteiger charge is -2.18. The Morgan fingerprint density at radius 1 is 1.00 bits per heavy atom. The summed E-state index contributed by atoms with van der Waals surface area (Å²) in [5.41, 5.74) is 0.694. The summed E-state index contributed by atoms with van der Waals surface area (Å²) in [4.78, 5) is 36.6. The Bertz CT molecular complexity index is 821. The molecular formula is C21H24N2O5. The van der Waals surface area contributed by atoms with Crippen molar-refractivity contribution in [3.63, 3.8) is 0 Å². The number of rotatable bonds is 7. The molecule has 3 amide bonds. The lowest BCUT2D eigenvalue weighted by atomic mass is 10.1. The van der Waals surface area contributed by atoms with Gasteiger partial charge >= 0.3 is 12.0 Å². The van der Waals surface area contributed by atoms with Crippen LogP contribution in [-0.4, -0.2) is 31.6 Å². The molecule has 7 heteroatoms. The molecule has 0 spiro atoms. The predicted molar refractivity (Wildman–Crippen MR) is 104 cm³/mol. The van der Waals surface area contributed by atoms with Gasteiger partial charge < -0.3 is 14.8 Å². The topological polar surface area (TPSA) is 93.7 Å². The number of imide groups is 1. The van der Waals surface area contributed by atoms with Gasteiger partial charge in [-0.15, -0.1) is 0 Å². The van der Waals surface area contributed by atoms with Crippen LogP contribution < -0.4 is 15.4 Å². The highest BCUT2D eigenvalue weighted by atomic mass is 16.5. The Balaban J connectivity index is 2.19. The molecule has 2 N–H and O–H groups in total. The minimum atomic E-state index is -1.27. The molecule has 0 heterocycles. The van der Waals surface area contributed by atoms with E-state index in [1.165, 1.54) is 7.05 Å². The molecule has 0 aliphatic rings. The molecule has 7 nitrogen and oxygen atoms in total. The second kappa shape index (κ2) is 10.1. The fraction of sp³-hybridized carbons (Fsp3) is 0.286. The van der Waals surface area contributed by atoms with E-state index >= 15 is 0 Å². The Hall–Kier alpha value is -3.35. The smallest absolute Gasteiger partial charge is 0.339 e. The van der Waals surface area contributed by atoms with Crippen LogP contribution in [0.15, 0.2) is 54.6 Å². The number of urea groups is 1. The molecule has 0 fully saturated rings. The average Bonchev–Trinajstić information content (AvgIpc) is 2.70. The van der Waals surface area contributed by atoms with Crippen LogP contribution in [0, 0.1) is 5.92 Å². The first-order valence-electron chi connectivity index (χ1n) is 8.92. The average molecular weight is 384 g/mol. The summed E-state index contributed by atoms with van der Waals surface area (Å²) in [6.07, 6.45) is -1.27. The number of carbonyl (C=O) groups is 3. The van der Waals surface area contributed by atoms with E-state index in [0.29, 0.717) is 23.8 Å². The van der Waals surface area contributed by atoms with Crippen LogP contribution in [0.25, 0.3) is 0 Å². The molecular weight excluding hydrogens is 360 g/mol. The number of benzene rings is 2. The molecule has 0 bridgehead atoms. The third-order valence-electron chi connectivity index (χ3n) is 3.68. The lowest BCUT2D eigenvalue weighted by Crippen LogP contribution is -2.41. The molecule has 28 heavy (non-hydrogen) atoms. The molecule has 0 aliphatic carbocycles. The Morgan fingerprint density at radius 2 is 1.71 bits per heavy atom. The molecule has 1 unspecified atom stereocenters. The molecule has 2 rings (SSSR count). The minimum Gasteiger partial charge on any atom is -0.493 e. The van der Waals surface area contributed by atoms with Crippen LogP contribution in [-0.2, 0) is 9.53 Å². The molecule has 148 valence electrons. The van der Waals surface area contributed by atoms with E-state index in [0.717, 1.165) is 0 Å². The van der Waals surface area contributed by atoms with Crippen molar-refractivity contribution in [2.45, 2.75) is 20.0 Å². The van der Waals surface area contributed by atoms with Crippen molar-refractivity contribution >= 4 is 17.9 Å². The summed E-state index contributed by atoms with van der Waals surface area (Å²) in [6.45, 7) is 4.56. The van der Waals surface area contributed by atoms with Crippen molar-refractivity contribution in [1.29, 1.82) is 0 Å². The van der Waals surface area contributed by atoms with E-state index in [4.69, 9.17) is 9.47 Å². The van der Waals surface area contributed by atoms with Crippen LogP contribution in [0.5, 0.6) is 5.75 Å². The number of hydrogen-bond donors (Lipinski definition) is 2. The summed E-state index contributed by atoms with van der Waals surface area (Å²) in [5, 5.41) is 4.43. The van der Waals surface area contributed by atoms with E-state index < -0.39 is 24.0 Å². The van der Waals surface area contributed by atoms with Crippen molar-refractivity contribution < 1.29 is 23.9 Å². The zero-order valence-electron chi connectivity index (χ0n) is 16.1. The summed E-state index contributed by atoms with van der Waals surface area (Å²) in [5.74, 6) is -0.567. The van der Waals surface area contributed by atoms with Crippen LogP contribution in [0.4, 0.5) is 4.79 Å². The van der Waals surface area contributed by atoms with Crippen molar-refractivity contribution in [1.82, 2.24) is 10.6 Å². The maximum absolute atomic E-state index is 12.6. The first kappa shape index (κ1) is 21.0. The molecule has 0 aromatic heterocycles. The number of ether oxygens (including phenoxy) is 2. The monoisotopic (exact) mass is 384 g/mol. The molecule has 0 saturated carbocycles. The van der Waals surface area contributed by atoms with Gasteiger partial charge in [0.05, 0.1) is 12.2 Å². The second-order valence-electron chi connectivity index (χ2n) is 6.50. The molecule has 0 aliphatic heterocycles. The SMILES string of the molecule is CNC(=O)NC(=O)C(OC(=O)c1cccc(OCC(C)C)c1)c1ccccc1. The number of amides is 3. The maximum atomic E-state index is 12.6. The fourth-order valence-electron chi connectivity index (χ4n) is 2.29. The summed E-state index contributed by atoms with van der Waals surface area (Å²) in [7, 11) is 1.38. The van der Waals surface area contributed by atoms with Crippen molar-refractivity contribution in [2.24, 2.45) is 5.92 Å². The van der Waals surface area contributed by atoms with E-state index in [2.05, 4.69) is 10.6 Å². The van der Waals surface area contributed by atoms with Gasteiger partial charge in [-0.05, 0) is 24.1 Å². The standard InChI is InChI=1S/C21H24N2O5/c1-14(2)13-27-17-11-7-10-16(12-17)20(25)28-18(15-8-5-4-6-9-15)19(24)23-21(26)22-3/h4-12,14,18H,13H2,1-3H3,(H2,22,23,24,26). The highest BCUT2D eigenvalue weighted by Crippen LogP contribution is 2.21. The van der Waals surface area contributed by atoms with Gasteiger partial charge in [-0.1, -0.05) is 50.2 Å². The van der Waals surface area contributed by atoms with Gasteiger partial charge in [-0.25, -0.2) is 9.59 Å². The summed E-state index contributed by atoms with van der Waals surface area (Å²) < 4.78 is 11.0. The van der Waals surface area contributed by atoms with Crippen LogP contribution in [0.1, 0.15) is 35.9 Å². The fourth-order valence-corrected chi connectivity index (χ4v) is 2.29. The normalized spacial score (nSPS) is 11.4. The first-order valence-corrected chi connectivity index (χ1v) is 8.92. The van der Waals surface area contributed by atoms with Crippen molar-refractivity contribution in [3.05, 3.63) is 65.7 Å². The number of hydrogen-bond acceptors (Lipinski definition) is 5. The van der Waals surface area contributed by atoms with Gasteiger partial charge in [0.25, 0.3) is 5.91 Å². The zero-order valence-corrected chi connectivity index (χ0v) is 16.1. The van der Waals surface area contributed by atoms with Gasteiger partial charge in [0.1, 0.15) is 5.75 Å². The quantitative estimate of drug-likeness (QED) is 0.716. The second-order valence-corrected chi connectivity index (χ2v) is 6.50. The van der Waals surface area contributed by atoms with Crippen molar-refractivity contribution in [3.8, 4) is 5.75 Å². The van der Waals surface area contributed by atoms with E-state index in [1.807, 2.05) is 13.8 Å². The Morgan fingerprint density at radius 3 is 2.36 bits per heavy atom. The van der Waals surface area contributed by atoms with E-state index in [-0.39, 0.29) is 5.56 Å². The molecule has 1 atom stereocenters. The Kier molecular flexibility index (Phi) is 7.56. The lowest BCUT2D eigenvalue weighted by molar-refractivity contribution is -0.129. The molecule has 2 aromatic rings. The van der Waals surface area contributed by atoms with Crippen LogP contribution in [0.2, 0.25) is 0 Å². The van der Waals surface area contributed by atoms with Gasteiger partial charge in [0.15, 0.2) is 0 Å². The van der Waals surface area contributed by atoms with E-state index in [9.17, 15) is 14.4 Å². The minimum absolute atomic E-state index is 0.245. The number of nitrogens with one attached hydrogen (secondary N) is 2. The van der Waals surface area contributed by atoms with Gasteiger partial charge in [-0.2, -0.15) is 0 Å². The third kappa shape index (κ3) is 6.12. The molecule has 2 aromatic carbocycles. The highest BCUT2D eigenvalue weighted by Gasteiger charge is 2.27. The summed E-state index contributed by atoms with van der Waals surface area (Å²) in [6, 6.07) is 14.3. The number of esters is 1. The maximum Gasteiger partial charge on any atom is 0.339 e. The Labute approximate surface area is 164 Å². The third-order valence-corrected chi connectivity index (χ3v) is 3.68. The van der Waals surface area contributed by atoms with Gasteiger partial charge in [0.2, 0.25) is 6.10 Å². The molecule has 0 saturated heterocycles. The van der Waals surface area contributed by atoms with Crippen molar-refractivity contribution in [2.75, 3.05) is 13.7 Å². The van der Waals surface area contributed by atoms with Gasteiger partial charge in [-0.3, -0.25) is 10.1 Å². The highest BCUT2D eigenvalue weighted by molar-refractivity contribution is 5.99. The van der Waals surface area contributed by atoms with E-state index in [1.54, 1.807) is 54.6 Å². The van der Waals surface area contributed by atoms with Gasteiger partial charge in [0, 0.05) is 12.6 Å². The van der Waals surface area contributed by atoms with Crippen LogP contribution in [0.3, 0.4) is 0 Å². The first-order chi connectivity index (χ1) is 13.4. The van der Waals surface area contributed by atoms with Crippen LogP contribution >= 0.6 is 0 Å².